The summed E-state index contributed by atoms with van der Waals surface area (Å²) in [6.45, 7) is 3.94. The minimum atomic E-state index is 0.325. The van der Waals surface area contributed by atoms with Gasteiger partial charge in [0.25, 0.3) is 0 Å². The van der Waals surface area contributed by atoms with Crippen LogP contribution in [0.2, 0.25) is 0 Å². The third-order valence-corrected chi connectivity index (χ3v) is 2.77. The molecule has 0 heterocycles. The summed E-state index contributed by atoms with van der Waals surface area (Å²) in [5.74, 6) is 0.325. The second-order valence-corrected chi connectivity index (χ2v) is 4.31. The van der Waals surface area contributed by atoms with E-state index < -0.39 is 0 Å². The molecule has 0 amide bonds. The van der Waals surface area contributed by atoms with E-state index in [1.54, 1.807) is 19.2 Å². The number of benzene rings is 1. The Bertz CT molecular complexity index is 298. The summed E-state index contributed by atoms with van der Waals surface area (Å²) in [6, 6.07) is 7.83. The molecule has 1 aromatic rings. The Hall–Kier alpha value is -1.06. The van der Waals surface area contributed by atoms with Gasteiger partial charge in [0.1, 0.15) is 5.75 Å². The molecule has 0 aliphatic carbocycles. The van der Waals surface area contributed by atoms with Crippen molar-refractivity contribution in [3.8, 4) is 5.75 Å². The van der Waals surface area contributed by atoms with E-state index in [9.17, 15) is 5.11 Å². The molecule has 0 saturated heterocycles. The highest BCUT2D eigenvalue weighted by molar-refractivity contribution is 5.25. The number of phenols is 1. The first-order chi connectivity index (χ1) is 8.26. The van der Waals surface area contributed by atoms with Crippen LogP contribution in [0.25, 0.3) is 0 Å². The fraction of sp³-hybridized carbons (Fsp3) is 0.571. The number of aromatic hydroxyl groups is 1. The normalized spacial score (nSPS) is 12.6. The summed E-state index contributed by atoms with van der Waals surface area (Å²) in [6.07, 6.45) is 3.20. The van der Waals surface area contributed by atoms with Crippen LogP contribution in [0.4, 0.5) is 0 Å². The zero-order chi connectivity index (χ0) is 12.5. The van der Waals surface area contributed by atoms with Crippen LogP contribution in [0.5, 0.6) is 5.75 Å². The van der Waals surface area contributed by atoms with E-state index in [2.05, 4.69) is 12.2 Å². The number of nitrogens with one attached hydrogen (secondary N) is 1. The third-order valence-electron chi connectivity index (χ3n) is 2.77. The van der Waals surface area contributed by atoms with E-state index in [0.29, 0.717) is 11.8 Å². The van der Waals surface area contributed by atoms with E-state index in [4.69, 9.17) is 4.74 Å². The van der Waals surface area contributed by atoms with Crippen LogP contribution in [0.3, 0.4) is 0 Å². The first-order valence-corrected chi connectivity index (χ1v) is 6.26. The summed E-state index contributed by atoms with van der Waals surface area (Å²) in [7, 11) is 1.74. The van der Waals surface area contributed by atoms with Crippen LogP contribution in [-0.4, -0.2) is 31.4 Å². The lowest BCUT2D eigenvalue weighted by atomic mass is 10.1. The molecule has 0 saturated carbocycles. The Morgan fingerprint density at radius 3 is 2.59 bits per heavy atom. The Balaban J connectivity index is 2.37. The molecular formula is C14H23NO2. The molecule has 1 unspecified atom stereocenters. The number of rotatable bonds is 8. The lowest BCUT2D eigenvalue weighted by Gasteiger charge is -2.17. The topological polar surface area (TPSA) is 41.5 Å². The van der Waals surface area contributed by atoms with Gasteiger partial charge in [0, 0.05) is 13.2 Å². The molecule has 0 radical (unpaired) electrons. The molecule has 3 heteroatoms. The monoisotopic (exact) mass is 237 g/mol. The van der Waals surface area contributed by atoms with Gasteiger partial charge in [-0.25, -0.2) is 0 Å². The molecule has 0 bridgehead atoms. The number of phenolic OH excluding ortho intramolecular Hbond substituents is 1. The van der Waals surface area contributed by atoms with E-state index in [1.165, 1.54) is 5.56 Å². The van der Waals surface area contributed by atoms with Gasteiger partial charge in [0.05, 0.1) is 6.61 Å². The molecule has 1 rings (SSSR count). The van der Waals surface area contributed by atoms with Crippen molar-refractivity contribution in [3.63, 3.8) is 0 Å². The molecule has 17 heavy (non-hydrogen) atoms. The average Bonchev–Trinajstić information content (AvgIpc) is 2.35. The highest BCUT2D eigenvalue weighted by Crippen LogP contribution is 2.12. The van der Waals surface area contributed by atoms with Gasteiger partial charge in [-0.2, -0.15) is 0 Å². The number of hydrogen-bond donors (Lipinski definition) is 2. The third kappa shape index (κ3) is 5.71. The van der Waals surface area contributed by atoms with Crippen molar-refractivity contribution in [2.45, 2.75) is 32.2 Å². The van der Waals surface area contributed by atoms with Crippen LogP contribution in [0, 0.1) is 0 Å². The predicted molar refractivity (Wildman–Crippen MR) is 70.4 cm³/mol. The largest absolute Gasteiger partial charge is 0.508 e. The first kappa shape index (κ1) is 14.0. The fourth-order valence-corrected chi connectivity index (χ4v) is 1.80. The molecule has 0 fully saturated rings. The summed E-state index contributed by atoms with van der Waals surface area (Å²) in [5.41, 5.74) is 1.25. The van der Waals surface area contributed by atoms with Gasteiger partial charge < -0.3 is 15.2 Å². The zero-order valence-electron chi connectivity index (χ0n) is 10.8. The van der Waals surface area contributed by atoms with E-state index in [-0.39, 0.29) is 0 Å². The molecule has 0 aliphatic rings. The summed E-state index contributed by atoms with van der Waals surface area (Å²) in [5, 5.41) is 12.7. The summed E-state index contributed by atoms with van der Waals surface area (Å²) >= 11 is 0. The van der Waals surface area contributed by atoms with Crippen molar-refractivity contribution in [2.24, 2.45) is 0 Å². The molecule has 0 spiro atoms. The van der Waals surface area contributed by atoms with Crippen LogP contribution in [0.1, 0.15) is 25.3 Å². The van der Waals surface area contributed by atoms with Gasteiger partial charge in [0.15, 0.2) is 0 Å². The van der Waals surface area contributed by atoms with Gasteiger partial charge in [-0.05, 0) is 43.5 Å². The van der Waals surface area contributed by atoms with Gasteiger partial charge in [-0.3, -0.25) is 0 Å². The lowest BCUT2D eigenvalue weighted by Crippen LogP contribution is -2.34. The van der Waals surface area contributed by atoms with Crippen molar-refractivity contribution >= 4 is 0 Å². The zero-order valence-corrected chi connectivity index (χ0v) is 10.8. The van der Waals surface area contributed by atoms with Crippen molar-refractivity contribution in [1.29, 1.82) is 0 Å². The molecule has 0 aromatic heterocycles. The van der Waals surface area contributed by atoms with Crippen LogP contribution >= 0.6 is 0 Å². The smallest absolute Gasteiger partial charge is 0.115 e. The summed E-state index contributed by atoms with van der Waals surface area (Å²) < 4.78 is 5.21. The lowest BCUT2D eigenvalue weighted by molar-refractivity contribution is 0.162. The van der Waals surface area contributed by atoms with Crippen LogP contribution in [-0.2, 0) is 11.2 Å². The van der Waals surface area contributed by atoms with Crippen molar-refractivity contribution in [3.05, 3.63) is 29.8 Å². The Morgan fingerprint density at radius 2 is 2.00 bits per heavy atom. The number of hydrogen-bond acceptors (Lipinski definition) is 3. The molecule has 1 aromatic carbocycles. The van der Waals surface area contributed by atoms with Gasteiger partial charge in [0.2, 0.25) is 0 Å². The predicted octanol–water partition coefficient (Wildman–Crippen LogP) is 2.34. The Kier molecular flexibility index (Phi) is 6.67. The quantitative estimate of drug-likeness (QED) is 0.729. The van der Waals surface area contributed by atoms with Crippen LogP contribution in [0.15, 0.2) is 24.3 Å². The number of methoxy groups -OCH3 is 1. The Labute approximate surface area is 104 Å². The standard InChI is InChI=1S/C14H23NO2/c1-3-10-15-13(11-17-2)7-4-12-5-8-14(16)9-6-12/h5-6,8-9,13,15-16H,3-4,7,10-11H2,1-2H3. The SMILES string of the molecule is CCCNC(CCc1ccc(O)cc1)COC. The molecule has 2 N–H and O–H groups in total. The average molecular weight is 237 g/mol. The fourth-order valence-electron chi connectivity index (χ4n) is 1.80. The molecule has 96 valence electrons. The number of ether oxygens (including phenoxy) is 1. The second kappa shape index (κ2) is 8.09. The Morgan fingerprint density at radius 1 is 1.29 bits per heavy atom. The highest BCUT2D eigenvalue weighted by Gasteiger charge is 2.07. The molecule has 3 nitrogen and oxygen atoms in total. The first-order valence-electron chi connectivity index (χ1n) is 6.26. The van der Waals surface area contributed by atoms with E-state index in [0.717, 1.165) is 32.4 Å². The van der Waals surface area contributed by atoms with Crippen molar-refractivity contribution in [2.75, 3.05) is 20.3 Å². The maximum absolute atomic E-state index is 9.20. The second-order valence-electron chi connectivity index (χ2n) is 4.31. The van der Waals surface area contributed by atoms with Gasteiger partial charge >= 0.3 is 0 Å². The number of aryl methyl sites for hydroxylation is 1. The van der Waals surface area contributed by atoms with E-state index in [1.807, 2.05) is 12.1 Å². The van der Waals surface area contributed by atoms with Crippen LogP contribution < -0.4 is 5.32 Å². The highest BCUT2D eigenvalue weighted by atomic mass is 16.5. The van der Waals surface area contributed by atoms with Gasteiger partial charge in [-0.15, -0.1) is 0 Å². The maximum Gasteiger partial charge on any atom is 0.115 e. The molecule has 0 aliphatic heterocycles. The minimum Gasteiger partial charge on any atom is -0.508 e. The molecular weight excluding hydrogens is 214 g/mol. The minimum absolute atomic E-state index is 0.325. The van der Waals surface area contributed by atoms with E-state index >= 15 is 0 Å². The molecule has 1 atom stereocenters. The van der Waals surface area contributed by atoms with Crippen molar-refractivity contribution < 1.29 is 9.84 Å². The van der Waals surface area contributed by atoms with Crippen molar-refractivity contribution in [1.82, 2.24) is 5.32 Å². The van der Waals surface area contributed by atoms with Gasteiger partial charge in [-0.1, -0.05) is 19.1 Å². The maximum atomic E-state index is 9.20. The summed E-state index contributed by atoms with van der Waals surface area (Å²) in [4.78, 5) is 0.